The molecule has 3 aliphatic rings. The van der Waals surface area contributed by atoms with E-state index in [-0.39, 0.29) is 0 Å². The highest BCUT2D eigenvalue weighted by Gasteiger charge is 2.52. The fourth-order valence-electron chi connectivity index (χ4n) is 3.64. The van der Waals surface area contributed by atoms with Gasteiger partial charge in [0, 0.05) is 0 Å². The lowest BCUT2D eigenvalue weighted by Crippen LogP contribution is -2.38. The highest BCUT2D eigenvalue weighted by atomic mass is 79.9. The van der Waals surface area contributed by atoms with Crippen LogP contribution in [0.15, 0.2) is 53.0 Å². The van der Waals surface area contributed by atoms with Crippen LogP contribution in [0.25, 0.3) is 0 Å². The van der Waals surface area contributed by atoms with Crippen molar-refractivity contribution in [2.75, 3.05) is 0 Å². The van der Waals surface area contributed by atoms with Crippen molar-refractivity contribution in [1.82, 2.24) is 0 Å². The van der Waals surface area contributed by atoms with Crippen molar-refractivity contribution < 1.29 is 18.8 Å². The summed E-state index contributed by atoms with van der Waals surface area (Å²) in [6.45, 7) is 0. The van der Waals surface area contributed by atoms with Gasteiger partial charge < -0.3 is 18.8 Å². The van der Waals surface area contributed by atoms with Gasteiger partial charge in [0.05, 0.1) is 4.47 Å². The second-order valence-electron chi connectivity index (χ2n) is 5.84. The molecule has 116 valence electrons. The third kappa shape index (κ3) is 1.32. The van der Waals surface area contributed by atoms with E-state index in [1.54, 1.807) is 0 Å². The van der Waals surface area contributed by atoms with Crippen molar-refractivity contribution in [1.29, 1.82) is 0 Å². The molecule has 1 atom stereocenters. The fraction of sp³-hybridized carbons (Fsp3) is 0. The van der Waals surface area contributed by atoms with Gasteiger partial charge in [-0.1, -0.05) is 12.1 Å². The monoisotopic (exact) mass is 398 g/mol. The molecule has 3 aliphatic heterocycles. The summed E-state index contributed by atoms with van der Waals surface area (Å²) >= 11 is 3.51. The van der Waals surface area contributed by atoms with Crippen molar-refractivity contribution >= 4 is 39.0 Å². The third-order valence-corrected chi connectivity index (χ3v) is 8.39. The molecule has 4 nitrogen and oxygen atoms in total. The van der Waals surface area contributed by atoms with Crippen LogP contribution >= 0.6 is 23.1 Å². The van der Waals surface area contributed by atoms with Crippen molar-refractivity contribution in [3.05, 3.63) is 53.0 Å². The maximum Gasteiger partial charge on any atom is 0.193 e. The van der Waals surface area contributed by atoms with E-state index in [9.17, 15) is 4.57 Å². The average Bonchev–Trinajstić information content (AvgIpc) is 2.57. The number of hydrogen-bond acceptors (Lipinski definition) is 4. The molecule has 0 N–H and O–H groups in total. The van der Waals surface area contributed by atoms with Crippen molar-refractivity contribution in [2.45, 2.75) is 0 Å². The molecule has 0 aliphatic carbocycles. The van der Waals surface area contributed by atoms with Gasteiger partial charge in [0.2, 0.25) is 0 Å². The van der Waals surface area contributed by atoms with Crippen LogP contribution in [0.4, 0.5) is 0 Å². The van der Waals surface area contributed by atoms with Gasteiger partial charge in [0.25, 0.3) is 0 Å². The molecule has 3 aromatic rings. The summed E-state index contributed by atoms with van der Waals surface area (Å²) in [6, 6.07) is 14.7. The van der Waals surface area contributed by atoms with Crippen molar-refractivity contribution in [2.24, 2.45) is 0 Å². The Morgan fingerprint density at radius 2 is 1.17 bits per heavy atom. The fourth-order valence-corrected chi connectivity index (χ4v) is 7.48. The molecule has 1 unspecified atom stereocenters. The first-order valence-corrected chi connectivity index (χ1v) is 9.92. The summed E-state index contributed by atoms with van der Waals surface area (Å²) < 4.78 is 33.3. The number of benzene rings is 3. The first kappa shape index (κ1) is 13.1. The van der Waals surface area contributed by atoms with E-state index < -0.39 is 7.14 Å². The van der Waals surface area contributed by atoms with Gasteiger partial charge in [-0.25, -0.2) is 0 Å². The van der Waals surface area contributed by atoms with Crippen LogP contribution in [0.3, 0.4) is 0 Å². The zero-order valence-corrected chi connectivity index (χ0v) is 14.6. The standard InChI is InChI=1S/C18H8BrO4P/c19-9-7-8-14-18-15(9)23-13-6-2-5-12-17(13)24(18,20)16-10(21-12)3-1-4-11(16)22-14/h1-8H. The molecule has 0 saturated heterocycles. The van der Waals surface area contributed by atoms with E-state index in [1.165, 1.54) is 0 Å². The third-order valence-electron chi connectivity index (χ3n) is 4.57. The molecule has 6 rings (SSSR count). The van der Waals surface area contributed by atoms with Gasteiger partial charge in [0.1, 0.15) is 44.7 Å². The topological polar surface area (TPSA) is 44.8 Å². The minimum atomic E-state index is -3.12. The minimum Gasteiger partial charge on any atom is -0.455 e. The van der Waals surface area contributed by atoms with Crippen LogP contribution in [-0.4, -0.2) is 0 Å². The summed E-state index contributed by atoms with van der Waals surface area (Å²) in [6.07, 6.45) is 0. The molecule has 3 aromatic carbocycles. The number of halogens is 1. The van der Waals surface area contributed by atoms with Crippen LogP contribution in [0, 0.1) is 0 Å². The Hall–Kier alpha value is -2.23. The van der Waals surface area contributed by atoms with Gasteiger partial charge in [-0.15, -0.1) is 0 Å². The second kappa shape index (κ2) is 4.05. The summed E-state index contributed by atoms with van der Waals surface area (Å²) in [5.74, 6) is 3.45. The van der Waals surface area contributed by atoms with Gasteiger partial charge in [-0.3, -0.25) is 0 Å². The molecule has 6 heteroatoms. The normalized spacial score (nSPS) is 20.4. The Balaban J connectivity index is 1.88. The van der Waals surface area contributed by atoms with Gasteiger partial charge in [-0.2, -0.15) is 0 Å². The van der Waals surface area contributed by atoms with Crippen LogP contribution in [0.2, 0.25) is 0 Å². The molecular formula is C18H8BrO4P. The smallest absolute Gasteiger partial charge is 0.193 e. The number of rotatable bonds is 0. The van der Waals surface area contributed by atoms with E-state index in [1.807, 2.05) is 48.5 Å². The Morgan fingerprint density at radius 1 is 0.667 bits per heavy atom. The van der Waals surface area contributed by atoms with E-state index >= 15 is 0 Å². The van der Waals surface area contributed by atoms with Gasteiger partial charge in [-0.05, 0) is 52.3 Å². The lowest BCUT2D eigenvalue weighted by molar-refractivity contribution is 0.438. The maximum atomic E-state index is 14.5. The highest BCUT2D eigenvalue weighted by molar-refractivity contribution is 9.10. The first-order valence-electron chi connectivity index (χ1n) is 7.42. The molecular weight excluding hydrogens is 391 g/mol. The summed E-state index contributed by atoms with van der Waals surface area (Å²) in [7, 11) is -3.12. The Bertz CT molecular complexity index is 1100. The van der Waals surface area contributed by atoms with E-state index in [2.05, 4.69) is 15.9 Å². The van der Waals surface area contributed by atoms with Gasteiger partial charge in [0.15, 0.2) is 12.9 Å². The summed E-state index contributed by atoms with van der Waals surface area (Å²) in [5.41, 5.74) is 0. The molecule has 0 aromatic heterocycles. The summed E-state index contributed by atoms with van der Waals surface area (Å²) in [4.78, 5) is 0. The first-order chi connectivity index (χ1) is 11.7. The van der Waals surface area contributed by atoms with Gasteiger partial charge >= 0.3 is 0 Å². The predicted molar refractivity (Wildman–Crippen MR) is 93.8 cm³/mol. The lowest BCUT2D eigenvalue weighted by Gasteiger charge is -2.38. The molecule has 0 spiro atoms. The second-order valence-corrected chi connectivity index (χ2v) is 9.26. The Kier molecular flexibility index (Phi) is 2.21. The van der Waals surface area contributed by atoms with E-state index in [4.69, 9.17) is 14.2 Å². The zero-order valence-electron chi connectivity index (χ0n) is 12.1. The Morgan fingerprint density at radius 3 is 1.75 bits per heavy atom. The molecule has 0 bridgehead atoms. The van der Waals surface area contributed by atoms with Crippen LogP contribution in [0.5, 0.6) is 34.5 Å². The summed E-state index contributed by atoms with van der Waals surface area (Å²) in [5, 5.41) is 1.86. The van der Waals surface area contributed by atoms with E-state index in [0.29, 0.717) is 50.4 Å². The molecule has 3 heterocycles. The van der Waals surface area contributed by atoms with Crippen LogP contribution in [0.1, 0.15) is 0 Å². The quantitative estimate of drug-likeness (QED) is 0.355. The minimum absolute atomic E-state index is 0.558. The molecule has 0 amide bonds. The highest BCUT2D eigenvalue weighted by Crippen LogP contribution is 2.64. The predicted octanol–water partition coefficient (Wildman–Crippen LogP) is 4.41. The molecule has 0 radical (unpaired) electrons. The van der Waals surface area contributed by atoms with Crippen LogP contribution in [-0.2, 0) is 4.57 Å². The average molecular weight is 399 g/mol. The van der Waals surface area contributed by atoms with Crippen molar-refractivity contribution in [3.8, 4) is 34.5 Å². The maximum absolute atomic E-state index is 14.5. The largest absolute Gasteiger partial charge is 0.455 e. The van der Waals surface area contributed by atoms with Crippen LogP contribution < -0.4 is 30.1 Å². The van der Waals surface area contributed by atoms with Crippen molar-refractivity contribution in [3.63, 3.8) is 0 Å². The molecule has 0 fully saturated rings. The molecule has 0 saturated carbocycles. The lowest BCUT2D eigenvalue weighted by atomic mass is 10.2. The number of ether oxygens (including phenoxy) is 3. The SMILES string of the molecule is O=P12c3c4cccc3Oc3ccc(Br)c(c31)Oc1cccc(c12)O4. The van der Waals surface area contributed by atoms with E-state index in [0.717, 1.165) is 4.47 Å². The number of hydrogen-bond donors (Lipinski definition) is 0. The Labute approximate surface area is 145 Å². The zero-order chi connectivity index (χ0) is 16.1. The molecule has 24 heavy (non-hydrogen) atoms.